The third-order valence-electron chi connectivity index (χ3n) is 1.57. The van der Waals surface area contributed by atoms with E-state index in [0.717, 1.165) is 19.3 Å². The minimum Gasteiger partial charge on any atom is -0.461 e. The molecule has 0 saturated carbocycles. The van der Waals surface area contributed by atoms with Gasteiger partial charge in [0.2, 0.25) is 0 Å². The molecule has 0 aliphatic heterocycles. The number of carbonyl (C=O) groups is 1. The maximum Gasteiger partial charge on any atom is 0.305 e. The number of unbranched alkanes of at least 4 members (excludes halogenated alkanes) is 2. The van der Waals surface area contributed by atoms with E-state index in [4.69, 9.17) is 4.74 Å². The lowest BCUT2D eigenvalue weighted by atomic mass is 10.2. The molecule has 2 nitrogen and oxygen atoms in total. The quantitative estimate of drug-likeness (QED) is 0.344. The molecule has 74 valence electrons. The van der Waals surface area contributed by atoms with E-state index < -0.39 is 0 Å². The Morgan fingerprint density at radius 2 is 2.15 bits per heavy atom. The van der Waals surface area contributed by atoms with Crippen LogP contribution in [0.5, 0.6) is 0 Å². The molecule has 13 heavy (non-hydrogen) atoms. The third kappa shape index (κ3) is 8.86. The van der Waals surface area contributed by atoms with E-state index in [9.17, 15) is 4.79 Å². The van der Waals surface area contributed by atoms with Crippen molar-refractivity contribution in [3.63, 3.8) is 0 Å². The molecule has 0 saturated heterocycles. The lowest BCUT2D eigenvalue weighted by Crippen LogP contribution is -2.01. The molecule has 0 atom stereocenters. The zero-order chi connectivity index (χ0) is 9.94. The Hall–Kier alpha value is -1.05. The maximum atomic E-state index is 10.7. The second-order valence-corrected chi connectivity index (χ2v) is 2.73. The van der Waals surface area contributed by atoms with Crippen LogP contribution >= 0.6 is 0 Å². The van der Waals surface area contributed by atoms with Crippen molar-refractivity contribution >= 4 is 5.97 Å². The van der Waals surface area contributed by atoms with Crippen LogP contribution in [0.1, 0.15) is 32.6 Å². The normalized spacial score (nSPS) is 10.2. The molecule has 0 unspecified atom stereocenters. The molecular formula is C11H18O2. The van der Waals surface area contributed by atoms with E-state index in [1.165, 1.54) is 0 Å². The minimum atomic E-state index is -0.143. The molecule has 0 spiro atoms. The van der Waals surface area contributed by atoms with E-state index in [-0.39, 0.29) is 5.97 Å². The highest BCUT2D eigenvalue weighted by Crippen LogP contribution is 1.96. The molecule has 0 aromatic rings. The first-order valence-electron chi connectivity index (χ1n) is 4.72. The minimum absolute atomic E-state index is 0.143. The summed E-state index contributed by atoms with van der Waals surface area (Å²) in [7, 11) is 0. The summed E-state index contributed by atoms with van der Waals surface area (Å²) in [6.07, 6.45) is 9.45. The van der Waals surface area contributed by atoms with E-state index in [2.05, 4.69) is 6.58 Å². The summed E-state index contributed by atoms with van der Waals surface area (Å²) < 4.78 is 4.85. The van der Waals surface area contributed by atoms with E-state index >= 15 is 0 Å². The van der Waals surface area contributed by atoms with Crippen molar-refractivity contribution in [3.05, 3.63) is 24.8 Å². The van der Waals surface area contributed by atoms with Crippen molar-refractivity contribution in [1.82, 2.24) is 0 Å². The molecule has 0 amide bonds. The number of hydrogen-bond acceptors (Lipinski definition) is 2. The molecule has 0 aromatic carbocycles. The summed E-state index contributed by atoms with van der Waals surface area (Å²) >= 11 is 0. The highest BCUT2D eigenvalue weighted by atomic mass is 16.5. The highest BCUT2D eigenvalue weighted by molar-refractivity contribution is 5.68. The van der Waals surface area contributed by atoms with Gasteiger partial charge in [0.15, 0.2) is 0 Å². The molecule has 0 rings (SSSR count). The highest BCUT2D eigenvalue weighted by Gasteiger charge is 1.93. The van der Waals surface area contributed by atoms with Crippen LogP contribution < -0.4 is 0 Å². The van der Waals surface area contributed by atoms with Crippen LogP contribution in [0.15, 0.2) is 24.8 Å². The van der Waals surface area contributed by atoms with Gasteiger partial charge in [-0.05, 0) is 19.3 Å². The van der Waals surface area contributed by atoms with Gasteiger partial charge in [0.25, 0.3) is 0 Å². The van der Waals surface area contributed by atoms with Gasteiger partial charge in [0.05, 0.1) is 0 Å². The summed E-state index contributed by atoms with van der Waals surface area (Å²) in [6, 6.07) is 0. The Bertz CT molecular complexity index is 171. The summed E-state index contributed by atoms with van der Waals surface area (Å²) in [5.41, 5.74) is 0. The fraction of sp³-hybridized carbons (Fsp3) is 0.545. The summed E-state index contributed by atoms with van der Waals surface area (Å²) in [5, 5.41) is 0. The van der Waals surface area contributed by atoms with Crippen LogP contribution in [0.2, 0.25) is 0 Å². The molecule has 0 radical (unpaired) electrons. The van der Waals surface area contributed by atoms with Crippen LogP contribution in [0.25, 0.3) is 0 Å². The van der Waals surface area contributed by atoms with Crippen molar-refractivity contribution in [2.24, 2.45) is 0 Å². The van der Waals surface area contributed by atoms with Gasteiger partial charge in [0, 0.05) is 6.42 Å². The summed E-state index contributed by atoms with van der Waals surface area (Å²) in [4.78, 5) is 10.7. The average molecular weight is 182 g/mol. The number of hydrogen-bond donors (Lipinski definition) is 0. The van der Waals surface area contributed by atoms with Crippen molar-refractivity contribution < 1.29 is 9.53 Å². The Balaban J connectivity index is 3.21. The van der Waals surface area contributed by atoms with Crippen LogP contribution in [-0.2, 0) is 9.53 Å². The lowest BCUT2D eigenvalue weighted by molar-refractivity contribution is -0.141. The predicted octanol–water partition coefficient (Wildman–Crippen LogP) is 2.85. The van der Waals surface area contributed by atoms with Gasteiger partial charge in [-0.3, -0.25) is 4.79 Å². The van der Waals surface area contributed by atoms with Gasteiger partial charge in [-0.25, -0.2) is 0 Å². The van der Waals surface area contributed by atoms with E-state index in [0.29, 0.717) is 13.0 Å². The maximum absolute atomic E-state index is 10.7. The number of carbonyl (C=O) groups excluding carboxylic acids is 1. The van der Waals surface area contributed by atoms with Gasteiger partial charge in [-0.1, -0.05) is 25.2 Å². The lowest BCUT2D eigenvalue weighted by Gasteiger charge is -1.96. The van der Waals surface area contributed by atoms with Gasteiger partial charge in [-0.15, -0.1) is 6.58 Å². The van der Waals surface area contributed by atoms with Gasteiger partial charge in [-0.2, -0.15) is 0 Å². The molecule has 0 aliphatic carbocycles. The van der Waals surface area contributed by atoms with Crippen molar-refractivity contribution in [2.75, 3.05) is 6.61 Å². The fourth-order valence-corrected chi connectivity index (χ4v) is 0.809. The third-order valence-corrected chi connectivity index (χ3v) is 1.57. The largest absolute Gasteiger partial charge is 0.461 e. The smallest absolute Gasteiger partial charge is 0.305 e. The van der Waals surface area contributed by atoms with Gasteiger partial charge < -0.3 is 4.74 Å². The molecule has 0 aromatic heterocycles. The molecule has 0 heterocycles. The summed E-state index contributed by atoms with van der Waals surface area (Å²) in [5.74, 6) is -0.143. The van der Waals surface area contributed by atoms with Crippen molar-refractivity contribution in [2.45, 2.75) is 32.6 Å². The van der Waals surface area contributed by atoms with Crippen molar-refractivity contribution in [1.29, 1.82) is 0 Å². The zero-order valence-electron chi connectivity index (χ0n) is 8.29. The standard InChI is InChI=1S/C11H18O2/c1-3-5-6-7-8-9-10-13-11(12)4-2/h3,8-9H,1,4-7,10H2,2H3. The Morgan fingerprint density at radius 1 is 1.38 bits per heavy atom. The first kappa shape index (κ1) is 11.9. The topological polar surface area (TPSA) is 26.3 Å². The average Bonchev–Trinajstić information content (AvgIpc) is 2.16. The molecule has 2 heteroatoms. The van der Waals surface area contributed by atoms with Gasteiger partial charge >= 0.3 is 5.97 Å². The fourth-order valence-electron chi connectivity index (χ4n) is 0.809. The predicted molar refractivity (Wildman–Crippen MR) is 54.4 cm³/mol. The molecular weight excluding hydrogens is 164 g/mol. The molecule has 0 fully saturated rings. The second kappa shape index (κ2) is 9.04. The van der Waals surface area contributed by atoms with Gasteiger partial charge in [0.1, 0.15) is 6.61 Å². The van der Waals surface area contributed by atoms with Crippen LogP contribution in [0, 0.1) is 0 Å². The van der Waals surface area contributed by atoms with Crippen LogP contribution in [0.3, 0.4) is 0 Å². The van der Waals surface area contributed by atoms with E-state index in [1.54, 1.807) is 6.92 Å². The molecule has 0 aliphatic rings. The van der Waals surface area contributed by atoms with Crippen molar-refractivity contribution in [3.8, 4) is 0 Å². The van der Waals surface area contributed by atoms with Crippen LogP contribution in [0.4, 0.5) is 0 Å². The first-order valence-corrected chi connectivity index (χ1v) is 4.72. The Kier molecular flexibility index (Phi) is 8.31. The van der Waals surface area contributed by atoms with Crippen LogP contribution in [-0.4, -0.2) is 12.6 Å². The second-order valence-electron chi connectivity index (χ2n) is 2.73. The number of ether oxygens (including phenoxy) is 1. The SMILES string of the molecule is C=CCCCC=CCOC(=O)CC. The first-order chi connectivity index (χ1) is 6.31. The molecule has 0 bridgehead atoms. The monoisotopic (exact) mass is 182 g/mol. The molecule has 0 N–H and O–H groups in total. The number of esters is 1. The summed E-state index contributed by atoms with van der Waals surface area (Å²) in [6.45, 7) is 5.83. The van der Waals surface area contributed by atoms with E-state index in [1.807, 2.05) is 18.2 Å². The number of allylic oxidation sites excluding steroid dienone is 2. The Morgan fingerprint density at radius 3 is 2.77 bits per heavy atom. The Labute approximate surface area is 80.3 Å². The zero-order valence-corrected chi connectivity index (χ0v) is 8.29. The number of rotatable bonds is 7.